The number of halogens is 2. The van der Waals surface area contributed by atoms with Gasteiger partial charge in [0.1, 0.15) is 5.75 Å². The third-order valence-electron chi connectivity index (χ3n) is 3.28. The maximum absolute atomic E-state index is 12.7. The van der Waals surface area contributed by atoms with E-state index in [0.717, 1.165) is 29.3 Å². The summed E-state index contributed by atoms with van der Waals surface area (Å²) in [4.78, 5) is 0. The molecule has 0 aliphatic rings. The predicted octanol–water partition coefficient (Wildman–Crippen LogP) is 4.50. The van der Waals surface area contributed by atoms with Crippen molar-refractivity contribution >= 4 is 10.8 Å². The monoisotopic (exact) mass is 279 g/mol. The van der Waals surface area contributed by atoms with Crippen LogP contribution in [0.4, 0.5) is 8.78 Å². The summed E-state index contributed by atoms with van der Waals surface area (Å²) >= 11 is 0. The van der Waals surface area contributed by atoms with Crippen LogP contribution < -0.4 is 10.1 Å². The number of hydrogen-bond donors (Lipinski definition) is 1. The van der Waals surface area contributed by atoms with Gasteiger partial charge in [0.2, 0.25) is 0 Å². The Labute approximate surface area is 117 Å². The minimum atomic E-state index is -2.82. The highest BCUT2D eigenvalue weighted by Gasteiger charge is 2.17. The van der Waals surface area contributed by atoms with Gasteiger partial charge in [-0.25, -0.2) is 0 Å². The Morgan fingerprint density at radius 2 is 1.90 bits per heavy atom. The fourth-order valence-corrected chi connectivity index (χ4v) is 2.29. The third-order valence-corrected chi connectivity index (χ3v) is 3.28. The van der Waals surface area contributed by atoms with E-state index in [-0.39, 0.29) is 11.8 Å². The summed E-state index contributed by atoms with van der Waals surface area (Å²) in [5.74, 6) is 0.272. The number of ether oxygens (including phenoxy) is 1. The molecule has 0 aromatic heterocycles. The van der Waals surface area contributed by atoms with Crippen molar-refractivity contribution in [2.45, 2.75) is 32.9 Å². The zero-order valence-corrected chi connectivity index (χ0v) is 11.7. The lowest BCUT2D eigenvalue weighted by molar-refractivity contribution is -0.0496. The summed E-state index contributed by atoms with van der Waals surface area (Å²) in [7, 11) is 0. The molecule has 0 amide bonds. The summed E-state index contributed by atoms with van der Waals surface area (Å²) in [6, 6.07) is 11.2. The molecule has 2 nitrogen and oxygen atoms in total. The van der Waals surface area contributed by atoms with Crippen molar-refractivity contribution in [3.63, 3.8) is 0 Å². The lowest BCUT2D eigenvalue weighted by Gasteiger charge is -2.19. The van der Waals surface area contributed by atoms with Gasteiger partial charge in [0.05, 0.1) is 0 Å². The first-order valence-electron chi connectivity index (χ1n) is 6.83. The van der Waals surface area contributed by atoms with E-state index in [1.165, 1.54) is 0 Å². The van der Waals surface area contributed by atoms with E-state index < -0.39 is 6.61 Å². The van der Waals surface area contributed by atoms with Crippen molar-refractivity contribution in [3.8, 4) is 5.75 Å². The Morgan fingerprint density at radius 3 is 2.60 bits per heavy atom. The van der Waals surface area contributed by atoms with Gasteiger partial charge in [0.15, 0.2) is 0 Å². The van der Waals surface area contributed by atoms with Crippen LogP contribution in [0.25, 0.3) is 10.8 Å². The molecule has 4 heteroatoms. The predicted molar refractivity (Wildman–Crippen MR) is 77.3 cm³/mol. The van der Waals surface area contributed by atoms with Gasteiger partial charge >= 0.3 is 6.61 Å². The highest BCUT2D eigenvalue weighted by atomic mass is 19.3. The molecule has 2 aromatic rings. The molecule has 2 aromatic carbocycles. The average molecular weight is 279 g/mol. The zero-order chi connectivity index (χ0) is 14.5. The third kappa shape index (κ3) is 3.25. The highest BCUT2D eigenvalue weighted by Crippen LogP contribution is 2.34. The first-order chi connectivity index (χ1) is 9.63. The molecular formula is C16H19F2NO. The summed E-state index contributed by atoms with van der Waals surface area (Å²) in [5, 5.41) is 4.92. The van der Waals surface area contributed by atoms with Crippen LogP contribution in [0.15, 0.2) is 36.4 Å². The number of rotatable bonds is 6. The zero-order valence-electron chi connectivity index (χ0n) is 11.7. The fraction of sp³-hybridized carbons (Fsp3) is 0.375. The molecular weight excluding hydrogens is 260 g/mol. The molecule has 0 aliphatic carbocycles. The number of alkyl halides is 2. The molecule has 0 fully saturated rings. The molecule has 1 atom stereocenters. The standard InChI is InChI=1S/C16H19F2NO/c1-3-10-19-11(2)13-9-8-12-6-4-5-7-14(12)15(13)20-16(17)18/h4-9,11,16,19H,3,10H2,1-2H3. The van der Waals surface area contributed by atoms with Crippen molar-refractivity contribution in [3.05, 3.63) is 42.0 Å². The van der Waals surface area contributed by atoms with Gasteiger partial charge in [-0.05, 0) is 25.3 Å². The van der Waals surface area contributed by atoms with E-state index in [1.54, 1.807) is 0 Å². The summed E-state index contributed by atoms with van der Waals surface area (Å²) < 4.78 is 30.2. The van der Waals surface area contributed by atoms with Crippen LogP contribution in [0.2, 0.25) is 0 Å². The molecule has 20 heavy (non-hydrogen) atoms. The van der Waals surface area contributed by atoms with Crippen LogP contribution in [0.3, 0.4) is 0 Å². The number of nitrogens with one attached hydrogen (secondary N) is 1. The van der Waals surface area contributed by atoms with Crippen LogP contribution in [0.5, 0.6) is 5.75 Å². The lowest BCUT2D eigenvalue weighted by atomic mass is 10.0. The van der Waals surface area contributed by atoms with E-state index >= 15 is 0 Å². The van der Waals surface area contributed by atoms with Gasteiger partial charge in [0, 0.05) is 17.0 Å². The van der Waals surface area contributed by atoms with Gasteiger partial charge in [-0.15, -0.1) is 0 Å². The Bertz CT molecular complexity index is 571. The molecule has 1 N–H and O–H groups in total. The summed E-state index contributed by atoms with van der Waals surface area (Å²) in [6.07, 6.45) is 0.989. The minimum absolute atomic E-state index is 0.0340. The van der Waals surface area contributed by atoms with Gasteiger partial charge in [-0.1, -0.05) is 43.3 Å². The minimum Gasteiger partial charge on any atom is -0.434 e. The van der Waals surface area contributed by atoms with E-state index in [2.05, 4.69) is 12.2 Å². The quantitative estimate of drug-likeness (QED) is 0.840. The molecule has 0 aliphatic heterocycles. The Hall–Kier alpha value is -1.68. The molecule has 2 rings (SSSR count). The highest BCUT2D eigenvalue weighted by molar-refractivity contribution is 5.89. The number of benzene rings is 2. The summed E-state index contributed by atoms with van der Waals surface area (Å²) in [5.41, 5.74) is 0.762. The fourth-order valence-electron chi connectivity index (χ4n) is 2.29. The molecule has 108 valence electrons. The first kappa shape index (κ1) is 14.7. The topological polar surface area (TPSA) is 21.3 Å². The van der Waals surface area contributed by atoms with E-state index in [4.69, 9.17) is 4.74 Å². The Morgan fingerprint density at radius 1 is 1.15 bits per heavy atom. The Kier molecular flexibility index (Phi) is 4.90. The van der Waals surface area contributed by atoms with Crippen LogP contribution in [-0.4, -0.2) is 13.2 Å². The van der Waals surface area contributed by atoms with Crippen molar-refractivity contribution < 1.29 is 13.5 Å². The average Bonchev–Trinajstić information content (AvgIpc) is 2.44. The SMILES string of the molecule is CCCNC(C)c1ccc2ccccc2c1OC(F)F. The molecule has 0 spiro atoms. The van der Waals surface area contributed by atoms with Crippen molar-refractivity contribution in [1.82, 2.24) is 5.32 Å². The molecule has 0 radical (unpaired) electrons. The maximum atomic E-state index is 12.7. The largest absolute Gasteiger partial charge is 0.434 e. The van der Waals surface area contributed by atoms with Crippen molar-refractivity contribution in [2.24, 2.45) is 0 Å². The van der Waals surface area contributed by atoms with Crippen LogP contribution >= 0.6 is 0 Å². The second-order valence-corrected chi connectivity index (χ2v) is 4.76. The molecule has 0 bridgehead atoms. The summed E-state index contributed by atoms with van der Waals surface area (Å²) in [6.45, 7) is 2.04. The van der Waals surface area contributed by atoms with Crippen molar-refractivity contribution in [2.75, 3.05) is 6.54 Å². The molecule has 0 saturated heterocycles. The van der Waals surface area contributed by atoms with Crippen LogP contribution in [-0.2, 0) is 0 Å². The second-order valence-electron chi connectivity index (χ2n) is 4.76. The van der Waals surface area contributed by atoms with E-state index in [9.17, 15) is 8.78 Å². The van der Waals surface area contributed by atoms with Gasteiger partial charge in [0.25, 0.3) is 0 Å². The lowest BCUT2D eigenvalue weighted by Crippen LogP contribution is -2.20. The van der Waals surface area contributed by atoms with Crippen LogP contribution in [0.1, 0.15) is 31.9 Å². The van der Waals surface area contributed by atoms with Crippen molar-refractivity contribution in [1.29, 1.82) is 0 Å². The second kappa shape index (κ2) is 6.66. The Balaban J connectivity index is 2.46. The van der Waals surface area contributed by atoms with E-state index in [1.807, 2.05) is 43.3 Å². The normalized spacial score (nSPS) is 12.8. The number of hydrogen-bond acceptors (Lipinski definition) is 2. The smallest absolute Gasteiger partial charge is 0.387 e. The van der Waals surface area contributed by atoms with Crippen LogP contribution in [0, 0.1) is 0 Å². The molecule has 0 heterocycles. The molecule has 1 unspecified atom stereocenters. The first-order valence-corrected chi connectivity index (χ1v) is 6.83. The van der Waals surface area contributed by atoms with E-state index in [0.29, 0.717) is 0 Å². The number of fused-ring (bicyclic) bond motifs is 1. The molecule has 0 saturated carbocycles. The van der Waals surface area contributed by atoms with Gasteiger partial charge in [-0.2, -0.15) is 8.78 Å². The van der Waals surface area contributed by atoms with Gasteiger partial charge in [-0.3, -0.25) is 0 Å². The van der Waals surface area contributed by atoms with Gasteiger partial charge < -0.3 is 10.1 Å². The maximum Gasteiger partial charge on any atom is 0.387 e.